The van der Waals surface area contributed by atoms with E-state index in [1.165, 1.54) is 4.90 Å². The first-order chi connectivity index (χ1) is 17.0. The topological polar surface area (TPSA) is 86.8 Å². The summed E-state index contributed by atoms with van der Waals surface area (Å²) in [4.78, 5) is 28.7. The van der Waals surface area contributed by atoms with Gasteiger partial charge >= 0.3 is 0 Å². The van der Waals surface area contributed by atoms with Crippen LogP contribution in [-0.2, 0) is 26.2 Å². The molecule has 1 atom stereocenters. The highest BCUT2D eigenvalue weighted by atomic mass is 35.5. The fourth-order valence-electron chi connectivity index (χ4n) is 4.87. The van der Waals surface area contributed by atoms with Gasteiger partial charge in [-0.05, 0) is 55.9 Å². The number of aryl methyl sites for hydroxylation is 2. The van der Waals surface area contributed by atoms with Crippen LogP contribution in [0.15, 0.2) is 42.5 Å². The van der Waals surface area contributed by atoms with Crippen molar-refractivity contribution in [3.8, 4) is 0 Å². The van der Waals surface area contributed by atoms with E-state index in [2.05, 4.69) is 5.32 Å². The van der Waals surface area contributed by atoms with Gasteiger partial charge in [-0.3, -0.25) is 13.9 Å². The molecular weight excluding hydrogens is 498 g/mol. The fraction of sp³-hybridized carbons (Fsp3) is 0.481. The van der Waals surface area contributed by atoms with Gasteiger partial charge in [-0.15, -0.1) is 0 Å². The number of carbonyl (C=O) groups is 2. The maximum absolute atomic E-state index is 13.9. The summed E-state index contributed by atoms with van der Waals surface area (Å²) in [5, 5.41) is 3.58. The van der Waals surface area contributed by atoms with E-state index in [0.717, 1.165) is 47.4 Å². The van der Waals surface area contributed by atoms with E-state index in [4.69, 9.17) is 11.6 Å². The number of rotatable bonds is 10. The first-order valence-corrected chi connectivity index (χ1v) is 14.6. The van der Waals surface area contributed by atoms with Crippen LogP contribution in [0, 0.1) is 13.8 Å². The highest BCUT2D eigenvalue weighted by Gasteiger charge is 2.33. The van der Waals surface area contributed by atoms with E-state index >= 15 is 0 Å². The summed E-state index contributed by atoms with van der Waals surface area (Å²) < 4.78 is 26.9. The van der Waals surface area contributed by atoms with Crippen molar-refractivity contribution in [1.82, 2.24) is 10.2 Å². The Morgan fingerprint density at radius 2 is 1.67 bits per heavy atom. The van der Waals surface area contributed by atoms with Gasteiger partial charge in [0, 0.05) is 17.6 Å². The van der Waals surface area contributed by atoms with Crippen molar-refractivity contribution in [3.63, 3.8) is 0 Å². The molecule has 0 aliphatic heterocycles. The van der Waals surface area contributed by atoms with E-state index in [9.17, 15) is 18.0 Å². The normalized spacial score (nSPS) is 14.9. The highest BCUT2D eigenvalue weighted by Crippen LogP contribution is 2.28. The van der Waals surface area contributed by atoms with Crippen molar-refractivity contribution in [3.05, 3.63) is 64.2 Å². The van der Waals surface area contributed by atoms with E-state index < -0.39 is 28.5 Å². The third-order valence-electron chi connectivity index (χ3n) is 6.75. The zero-order valence-electron chi connectivity index (χ0n) is 21.5. The zero-order chi connectivity index (χ0) is 26.5. The lowest BCUT2D eigenvalue weighted by Gasteiger charge is -2.34. The summed E-state index contributed by atoms with van der Waals surface area (Å²) in [6, 6.07) is 12.0. The van der Waals surface area contributed by atoms with Crippen molar-refractivity contribution in [2.24, 2.45) is 0 Å². The number of benzene rings is 2. The number of amides is 2. The van der Waals surface area contributed by atoms with Crippen LogP contribution in [0.4, 0.5) is 5.69 Å². The van der Waals surface area contributed by atoms with Crippen LogP contribution in [-0.4, -0.2) is 50.0 Å². The Bertz CT molecular complexity index is 1180. The lowest BCUT2D eigenvalue weighted by atomic mass is 10.1. The molecule has 0 heterocycles. The number of hydrogen-bond acceptors (Lipinski definition) is 4. The van der Waals surface area contributed by atoms with Crippen molar-refractivity contribution in [2.75, 3.05) is 17.1 Å². The molecule has 3 rings (SSSR count). The Labute approximate surface area is 219 Å². The van der Waals surface area contributed by atoms with Crippen LogP contribution >= 0.6 is 11.6 Å². The lowest BCUT2D eigenvalue weighted by molar-refractivity contribution is -0.140. The average molecular weight is 534 g/mol. The van der Waals surface area contributed by atoms with E-state index in [1.807, 2.05) is 51.1 Å². The maximum Gasteiger partial charge on any atom is 0.244 e. The van der Waals surface area contributed by atoms with Gasteiger partial charge in [0.1, 0.15) is 12.6 Å². The molecule has 1 aliphatic carbocycles. The Hall–Kier alpha value is -2.58. The van der Waals surface area contributed by atoms with Crippen LogP contribution in [0.2, 0.25) is 5.02 Å². The van der Waals surface area contributed by atoms with Crippen LogP contribution in [0.1, 0.15) is 55.7 Å². The maximum atomic E-state index is 13.9. The summed E-state index contributed by atoms with van der Waals surface area (Å²) in [5.74, 6) is -0.681. The summed E-state index contributed by atoms with van der Waals surface area (Å²) >= 11 is 6.41. The number of hydrogen-bond donors (Lipinski definition) is 1. The van der Waals surface area contributed by atoms with Gasteiger partial charge in [-0.1, -0.05) is 67.8 Å². The first kappa shape index (κ1) is 28.0. The van der Waals surface area contributed by atoms with Gasteiger partial charge in [0.25, 0.3) is 0 Å². The third kappa shape index (κ3) is 6.79. The molecule has 36 heavy (non-hydrogen) atoms. The molecular formula is C27H36ClN3O4S. The molecule has 0 saturated heterocycles. The monoisotopic (exact) mass is 533 g/mol. The molecule has 196 valence electrons. The van der Waals surface area contributed by atoms with E-state index in [1.54, 1.807) is 12.1 Å². The molecule has 1 N–H and O–H groups in total. The largest absolute Gasteiger partial charge is 0.352 e. The van der Waals surface area contributed by atoms with E-state index in [0.29, 0.717) is 22.7 Å². The summed E-state index contributed by atoms with van der Waals surface area (Å²) in [7, 11) is -3.78. The first-order valence-electron chi connectivity index (χ1n) is 12.4. The quantitative estimate of drug-likeness (QED) is 0.484. The smallest absolute Gasteiger partial charge is 0.244 e. The van der Waals surface area contributed by atoms with Gasteiger partial charge in [-0.25, -0.2) is 8.42 Å². The molecule has 0 unspecified atom stereocenters. The van der Waals surface area contributed by atoms with Crippen molar-refractivity contribution >= 4 is 39.1 Å². The minimum absolute atomic E-state index is 0.0967. The Morgan fingerprint density at radius 3 is 2.22 bits per heavy atom. The number of anilines is 1. The van der Waals surface area contributed by atoms with E-state index in [-0.39, 0.29) is 18.5 Å². The molecule has 1 aliphatic rings. The highest BCUT2D eigenvalue weighted by molar-refractivity contribution is 7.92. The van der Waals surface area contributed by atoms with Crippen molar-refractivity contribution in [2.45, 2.75) is 71.5 Å². The number of halogens is 1. The molecule has 0 spiro atoms. The van der Waals surface area contributed by atoms with Gasteiger partial charge in [0.2, 0.25) is 21.8 Å². The molecule has 2 amide bonds. The molecule has 0 aromatic heterocycles. The molecule has 2 aromatic carbocycles. The van der Waals surface area contributed by atoms with Crippen LogP contribution in [0.5, 0.6) is 0 Å². The summed E-state index contributed by atoms with van der Waals surface area (Å²) in [5.41, 5.74) is 2.67. The van der Waals surface area contributed by atoms with Gasteiger partial charge < -0.3 is 10.2 Å². The number of carbonyl (C=O) groups excluding carboxylic acids is 2. The molecule has 0 radical (unpaired) electrons. The summed E-state index contributed by atoms with van der Waals surface area (Å²) in [6.07, 6.45) is 5.47. The predicted molar refractivity (Wildman–Crippen MR) is 145 cm³/mol. The number of sulfonamides is 1. The molecule has 1 saturated carbocycles. The minimum atomic E-state index is -3.78. The molecule has 0 bridgehead atoms. The van der Waals surface area contributed by atoms with Crippen LogP contribution in [0.25, 0.3) is 0 Å². The predicted octanol–water partition coefficient (Wildman–Crippen LogP) is 4.59. The molecule has 1 fully saturated rings. The molecule has 2 aromatic rings. The standard InChI is InChI=1S/C27H36ClN3O4S/c1-5-24(27(33)29-22-14-7-8-15-22)30(17-21-13-6-9-16-23(21)28)25(32)18-31(36(4,34)35)26-19(2)11-10-12-20(26)3/h6,9-13,16,22,24H,5,7-8,14-15,17-18H2,1-4H3,(H,29,33)/t24-/m0/s1. The number of nitrogens with zero attached hydrogens (tertiary/aromatic N) is 2. The van der Waals surface area contributed by atoms with Gasteiger partial charge in [0.05, 0.1) is 11.9 Å². The van der Waals surface area contributed by atoms with Crippen LogP contribution in [0.3, 0.4) is 0 Å². The van der Waals surface area contributed by atoms with Gasteiger partial charge in [0.15, 0.2) is 0 Å². The second kappa shape index (κ2) is 12.1. The minimum Gasteiger partial charge on any atom is -0.352 e. The Morgan fingerprint density at radius 1 is 1.06 bits per heavy atom. The molecule has 9 heteroatoms. The van der Waals surface area contributed by atoms with Crippen molar-refractivity contribution < 1.29 is 18.0 Å². The Balaban J connectivity index is 1.97. The molecule has 7 nitrogen and oxygen atoms in total. The average Bonchev–Trinajstić information content (AvgIpc) is 3.31. The SMILES string of the molecule is CC[C@@H](C(=O)NC1CCCC1)N(Cc1ccccc1Cl)C(=O)CN(c1c(C)cccc1C)S(C)(=O)=O. The zero-order valence-corrected chi connectivity index (χ0v) is 23.0. The fourth-order valence-corrected chi connectivity index (χ4v) is 6.03. The number of para-hydroxylation sites is 1. The second-order valence-electron chi connectivity index (χ2n) is 9.54. The van der Waals surface area contributed by atoms with Gasteiger partial charge in [-0.2, -0.15) is 0 Å². The Kier molecular flexibility index (Phi) is 9.41. The number of nitrogens with one attached hydrogen (secondary N) is 1. The lowest BCUT2D eigenvalue weighted by Crippen LogP contribution is -2.53. The second-order valence-corrected chi connectivity index (χ2v) is 11.9. The van der Waals surface area contributed by atoms with Crippen molar-refractivity contribution in [1.29, 1.82) is 0 Å². The van der Waals surface area contributed by atoms with Crippen LogP contribution < -0.4 is 9.62 Å². The summed E-state index contributed by atoms with van der Waals surface area (Å²) in [6.45, 7) is 5.17. The third-order valence-corrected chi connectivity index (χ3v) is 8.24.